The minimum Gasteiger partial charge on any atom is -0.481 e. The van der Waals surface area contributed by atoms with E-state index in [0.29, 0.717) is 49.0 Å². The van der Waals surface area contributed by atoms with E-state index >= 15 is 0 Å². The van der Waals surface area contributed by atoms with Crippen molar-refractivity contribution in [1.29, 1.82) is 0 Å². The molecule has 6 saturated carbocycles. The van der Waals surface area contributed by atoms with Gasteiger partial charge in [-0.05, 0) is 131 Å². The number of rotatable bonds is 11. The Morgan fingerprint density at radius 1 is 0.458 bits per heavy atom. The molecule has 6 fully saturated rings. The Balaban J connectivity index is 0.895. The molecule has 48 heavy (non-hydrogen) atoms. The number of esters is 1. The van der Waals surface area contributed by atoms with Crippen LogP contribution in [0.5, 0.6) is 0 Å². The van der Waals surface area contributed by atoms with Gasteiger partial charge < -0.3 is 14.9 Å². The van der Waals surface area contributed by atoms with Crippen LogP contribution in [0.25, 0.3) is 0 Å². The Hall–Kier alpha value is -1.67. The van der Waals surface area contributed by atoms with E-state index in [0.717, 1.165) is 83.0 Å². The highest BCUT2D eigenvalue weighted by Crippen LogP contribution is 2.45. The normalized spacial score (nSPS) is 39.0. The minimum atomic E-state index is -0.838. The lowest BCUT2D eigenvalue weighted by Gasteiger charge is -2.40. The molecule has 6 unspecified atom stereocenters. The maximum Gasteiger partial charge on any atom is 0.310 e. The minimum absolute atomic E-state index is 0.0373. The van der Waals surface area contributed by atoms with E-state index in [9.17, 15) is 24.6 Å². The summed E-state index contributed by atoms with van der Waals surface area (Å²) in [6.07, 6.45) is 25.9. The quantitative estimate of drug-likeness (QED) is 0.127. The molecule has 0 aromatic carbocycles. The van der Waals surface area contributed by atoms with E-state index in [4.69, 9.17) is 14.5 Å². The maximum absolute atomic E-state index is 13.4. The fourth-order valence-electron chi connectivity index (χ4n) is 11.4. The number of carboxylic acids is 2. The molecule has 0 aromatic heterocycles. The van der Waals surface area contributed by atoms with Gasteiger partial charge in [-0.3, -0.25) is 14.4 Å². The number of carbonyl (C=O) groups excluding carboxylic acids is 1. The van der Waals surface area contributed by atoms with Crippen LogP contribution in [0.1, 0.15) is 154 Å². The number of carbonyl (C=O) groups is 3. The summed E-state index contributed by atoms with van der Waals surface area (Å²) in [5, 5.41) is 19.8. The van der Waals surface area contributed by atoms with Crippen LogP contribution >= 0.6 is 0 Å². The third-order valence-corrected chi connectivity index (χ3v) is 14.4. The molecule has 0 bridgehead atoms. The molecule has 8 nitrogen and oxygen atoms in total. The second-order valence-corrected chi connectivity index (χ2v) is 17.1. The van der Waals surface area contributed by atoms with Gasteiger partial charge in [-0.15, -0.1) is 0 Å². The first-order valence-electron chi connectivity index (χ1n) is 20.3. The highest BCUT2D eigenvalue weighted by atomic mass is 17.2. The highest BCUT2D eigenvalue weighted by molar-refractivity contribution is 5.81. The van der Waals surface area contributed by atoms with Crippen LogP contribution in [-0.2, 0) is 28.9 Å². The van der Waals surface area contributed by atoms with Gasteiger partial charge in [-0.25, -0.2) is 9.78 Å². The second-order valence-electron chi connectivity index (χ2n) is 17.1. The van der Waals surface area contributed by atoms with Crippen LogP contribution in [0.3, 0.4) is 0 Å². The monoisotopic (exact) mass is 672 g/mol. The molecule has 8 heteroatoms. The van der Waals surface area contributed by atoms with Gasteiger partial charge in [0.1, 0.15) is 6.10 Å². The summed E-state index contributed by atoms with van der Waals surface area (Å²) in [6.45, 7) is 0.387. The van der Waals surface area contributed by atoms with Gasteiger partial charge in [0.05, 0.1) is 30.5 Å². The smallest absolute Gasteiger partial charge is 0.310 e. The number of hydrogen-bond donors (Lipinski definition) is 2. The third kappa shape index (κ3) is 9.35. The summed E-state index contributed by atoms with van der Waals surface area (Å²) >= 11 is 0. The molecule has 272 valence electrons. The van der Waals surface area contributed by atoms with Crippen LogP contribution in [-0.4, -0.2) is 46.9 Å². The molecule has 0 spiro atoms. The molecule has 0 aromatic rings. The van der Waals surface area contributed by atoms with Crippen molar-refractivity contribution in [1.82, 2.24) is 0 Å². The zero-order chi connectivity index (χ0) is 33.5. The van der Waals surface area contributed by atoms with Crippen molar-refractivity contribution in [2.24, 2.45) is 59.2 Å². The number of aliphatic carboxylic acids is 2. The number of carboxylic acid groups (broad SMARTS) is 2. The first kappa shape index (κ1) is 36.1. The molecule has 0 saturated heterocycles. The molecule has 2 N–H and O–H groups in total. The third-order valence-electron chi connectivity index (χ3n) is 14.4. The van der Waals surface area contributed by atoms with Crippen molar-refractivity contribution in [3.05, 3.63) is 0 Å². The predicted molar refractivity (Wildman–Crippen MR) is 182 cm³/mol. The molecule has 6 aliphatic carbocycles. The van der Waals surface area contributed by atoms with Crippen molar-refractivity contribution in [3.8, 4) is 0 Å². The molecule has 6 rings (SSSR count). The lowest BCUT2D eigenvalue weighted by atomic mass is 9.67. The summed E-state index contributed by atoms with van der Waals surface area (Å²) in [7, 11) is 0. The molecule has 0 amide bonds. The fourth-order valence-corrected chi connectivity index (χ4v) is 11.4. The molecule has 6 aliphatic rings. The van der Waals surface area contributed by atoms with Gasteiger partial charge in [-0.1, -0.05) is 64.2 Å². The Morgan fingerprint density at radius 2 is 0.917 bits per heavy atom. The average Bonchev–Trinajstić information content (AvgIpc) is 3.12. The standard InChI is InChI=1S/C40H64O8/c41-38(42)35-21-15-30(26-7-3-1-4-8-26)23-32(35)25-46-48-34-19-13-29(14-20-34)28-11-17-33(18-12-28)47-40(45)37-24-31(16-22-36(37)39(43)44)27-9-5-2-6-10-27/h26-37H,1-25H2,(H,41,42)(H,43,44). The van der Waals surface area contributed by atoms with Crippen LogP contribution < -0.4 is 0 Å². The maximum atomic E-state index is 13.4. The Labute approximate surface area is 288 Å². The zero-order valence-electron chi connectivity index (χ0n) is 29.4. The molecule has 0 radical (unpaired) electrons. The molecule has 6 atom stereocenters. The van der Waals surface area contributed by atoms with E-state index in [1.165, 1.54) is 64.2 Å². The van der Waals surface area contributed by atoms with Gasteiger partial charge in [0, 0.05) is 0 Å². The van der Waals surface area contributed by atoms with Gasteiger partial charge in [0.2, 0.25) is 0 Å². The molecular weight excluding hydrogens is 608 g/mol. The Kier molecular flexibility index (Phi) is 13.2. The molecule has 0 aliphatic heterocycles. The van der Waals surface area contributed by atoms with Gasteiger partial charge in [0.25, 0.3) is 0 Å². The molecule has 0 heterocycles. The lowest BCUT2D eigenvalue weighted by molar-refractivity contribution is -0.338. The largest absolute Gasteiger partial charge is 0.481 e. The van der Waals surface area contributed by atoms with Crippen molar-refractivity contribution < 1.29 is 39.1 Å². The summed E-state index contributed by atoms with van der Waals surface area (Å²) in [5.74, 6) is 0.631. The van der Waals surface area contributed by atoms with Gasteiger partial charge >= 0.3 is 17.9 Å². The van der Waals surface area contributed by atoms with Crippen LogP contribution in [0.15, 0.2) is 0 Å². The fraction of sp³-hybridized carbons (Fsp3) is 0.925. The van der Waals surface area contributed by atoms with Crippen molar-refractivity contribution in [2.45, 2.75) is 166 Å². The van der Waals surface area contributed by atoms with E-state index in [1.54, 1.807) is 0 Å². The highest BCUT2D eigenvalue weighted by Gasteiger charge is 2.44. The molecular formula is C40H64O8. The second kappa shape index (κ2) is 17.5. The van der Waals surface area contributed by atoms with Crippen molar-refractivity contribution in [2.75, 3.05) is 6.61 Å². The summed E-state index contributed by atoms with van der Waals surface area (Å²) in [4.78, 5) is 49.2. The van der Waals surface area contributed by atoms with E-state index in [2.05, 4.69) is 0 Å². The summed E-state index contributed by atoms with van der Waals surface area (Å²) in [5.41, 5.74) is 0. The predicted octanol–water partition coefficient (Wildman–Crippen LogP) is 8.99. The summed E-state index contributed by atoms with van der Waals surface area (Å²) in [6, 6.07) is 0. The lowest BCUT2D eigenvalue weighted by Crippen LogP contribution is -2.40. The number of hydrogen-bond acceptors (Lipinski definition) is 6. The van der Waals surface area contributed by atoms with Gasteiger partial charge in [0.15, 0.2) is 0 Å². The van der Waals surface area contributed by atoms with E-state index < -0.39 is 23.8 Å². The van der Waals surface area contributed by atoms with Crippen molar-refractivity contribution in [3.63, 3.8) is 0 Å². The SMILES string of the molecule is O=C(O)C1CCC(C2CCCCC2)CC1COOC1CCC(C2CCC(OC(=O)C3CC(C4CCCCC4)CCC3C(=O)O)CC2)CC1. The Morgan fingerprint density at radius 3 is 1.46 bits per heavy atom. The number of ether oxygens (including phenoxy) is 1. The Bertz CT molecular complexity index is 1030. The zero-order valence-corrected chi connectivity index (χ0v) is 29.4. The van der Waals surface area contributed by atoms with Crippen LogP contribution in [0.2, 0.25) is 0 Å². The van der Waals surface area contributed by atoms with Crippen LogP contribution in [0, 0.1) is 59.2 Å². The van der Waals surface area contributed by atoms with E-state index in [1.807, 2.05) is 0 Å². The first-order chi connectivity index (χ1) is 23.4. The average molecular weight is 673 g/mol. The topological polar surface area (TPSA) is 119 Å². The first-order valence-corrected chi connectivity index (χ1v) is 20.3. The van der Waals surface area contributed by atoms with E-state index in [-0.39, 0.29) is 30.0 Å². The van der Waals surface area contributed by atoms with Gasteiger partial charge in [-0.2, -0.15) is 0 Å². The van der Waals surface area contributed by atoms with Crippen molar-refractivity contribution >= 4 is 17.9 Å². The van der Waals surface area contributed by atoms with Crippen LogP contribution in [0.4, 0.5) is 0 Å². The summed E-state index contributed by atoms with van der Waals surface area (Å²) < 4.78 is 6.08.